The van der Waals surface area contributed by atoms with Gasteiger partial charge in [-0.2, -0.15) is 0 Å². The van der Waals surface area contributed by atoms with E-state index in [4.69, 9.17) is 9.47 Å². The van der Waals surface area contributed by atoms with E-state index in [1.54, 1.807) is 25.1 Å². The van der Waals surface area contributed by atoms with Crippen molar-refractivity contribution in [1.82, 2.24) is 15.5 Å². The maximum absolute atomic E-state index is 12.3. The Bertz CT molecular complexity index is 738. The first kappa shape index (κ1) is 21.3. The molecule has 0 aromatic heterocycles. The zero-order valence-corrected chi connectivity index (χ0v) is 16.4. The number of hydrogen-bond donors (Lipinski definition) is 3. The molecule has 1 atom stereocenters. The number of ether oxygens (including phenoxy) is 2. The number of carbonyl (C=O) groups is 3. The molecule has 3 N–H and O–H groups in total. The second-order valence-corrected chi connectivity index (χ2v) is 6.92. The first-order valence-electron chi connectivity index (χ1n) is 9.11. The molecule has 0 bridgehead atoms. The van der Waals surface area contributed by atoms with Gasteiger partial charge in [0.15, 0.2) is 18.1 Å². The third kappa shape index (κ3) is 5.28. The molecule has 1 aliphatic rings. The lowest BCUT2D eigenvalue weighted by molar-refractivity contribution is -0.147. The number of amides is 3. The molecule has 1 aliphatic heterocycles. The molecule has 0 saturated carbocycles. The Morgan fingerprint density at radius 2 is 2.00 bits per heavy atom. The number of hydrogen-bond acceptors (Lipinski definition) is 5. The number of aliphatic carboxylic acids is 1. The van der Waals surface area contributed by atoms with Crippen molar-refractivity contribution in [2.75, 3.05) is 33.4 Å². The fourth-order valence-corrected chi connectivity index (χ4v) is 2.93. The van der Waals surface area contributed by atoms with E-state index in [9.17, 15) is 19.5 Å². The van der Waals surface area contributed by atoms with Crippen molar-refractivity contribution in [2.45, 2.75) is 26.8 Å². The summed E-state index contributed by atoms with van der Waals surface area (Å²) in [5.74, 6) is -0.230. The monoisotopic (exact) mass is 393 g/mol. The quantitative estimate of drug-likeness (QED) is 0.611. The van der Waals surface area contributed by atoms with Gasteiger partial charge in [-0.1, -0.05) is 6.07 Å². The Kier molecular flexibility index (Phi) is 7.08. The van der Waals surface area contributed by atoms with E-state index in [2.05, 4.69) is 10.6 Å². The van der Waals surface area contributed by atoms with Crippen LogP contribution in [0.3, 0.4) is 0 Å². The summed E-state index contributed by atoms with van der Waals surface area (Å²) in [6.07, 6.45) is 0.432. The van der Waals surface area contributed by atoms with E-state index in [1.165, 1.54) is 12.0 Å². The van der Waals surface area contributed by atoms with Crippen molar-refractivity contribution >= 4 is 17.9 Å². The second-order valence-electron chi connectivity index (χ2n) is 6.92. The third-order valence-corrected chi connectivity index (χ3v) is 4.68. The van der Waals surface area contributed by atoms with Crippen LogP contribution in [0, 0.1) is 5.41 Å². The van der Waals surface area contributed by atoms with E-state index in [-0.39, 0.29) is 31.6 Å². The predicted molar refractivity (Wildman–Crippen MR) is 101 cm³/mol. The van der Waals surface area contributed by atoms with E-state index in [0.29, 0.717) is 31.0 Å². The molecule has 3 amide bonds. The number of nitrogens with one attached hydrogen (secondary N) is 2. The van der Waals surface area contributed by atoms with E-state index >= 15 is 0 Å². The van der Waals surface area contributed by atoms with Crippen molar-refractivity contribution in [3.63, 3.8) is 0 Å². The van der Waals surface area contributed by atoms with Crippen LogP contribution in [-0.2, 0) is 16.1 Å². The number of nitrogens with zero attached hydrogens (tertiary/aromatic N) is 1. The lowest BCUT2D eigenvalue weighted by atomic mass is 9.90. The summed E-state index contributed by atoms with van der Waals surface area (Å²) in [7, 11) is 1.49. The summed E-state index contributed by atoms with van der Waals surface area (Å²) in [4.78, 5) is 36.6. The van der Waals surface area contributed by atoms with Crippen LogP contribution >= 0.6 is 0 Å². The zero-order chi connectivity index (χ0) is 20.7. The Balaban J connectivity index is 1.91. The molecule has 154 valence electrons. The van der Waals surface area contributed by atoms with Crippen LogP contribution in [0.25, 0.3) is 0 Å². The fraction of sp³-hybridized carbons (Fsp3) is 0.526. The second kappa shape index (κ2) is 9.29. The number of carboxylic acids is 1. The molecule has 2 rings (SSSR count). The van der Waals surface area contributed by atoms with E-state index in [1.807, 2.05) is 6.92 Å². The molecule has 9 nitrogen and oxygen atoms in total. The van der Waals surface area contributed by atoms with Crippen molar-refractivity contribution < 1.29 is 29.0 Å². The first-order chi connectivity index (χ1) is 13.3. The van der Waals surface area contributed by atoms with Gasteiger partial charge in [0, 0.05) is 26.2 Å². The van der Waals surface area contributed by atoms with Crippen LogP contribution in [0.5, 0.6) is 11.5 Å². The van der Waals surface area contributed by atoms with Crippen LogP contribution < -0.4 is 20.1 Å². The van der Waals surface area contributed by atoms with Gasteiger partial charge in [-0.15, -0.1) is 0 Å². The standard InChI is InChI=1S/C19H27N3O6/c1-4-20-16(23)11-28-14-6-5-13(9-15(14)27-3)10-21-18(26)22-8-7-19(2,12-22)17(24)25/h5-6,9H,4,7-8,10-12H2,1-3H3,(H,20,23)(H,21,26)(H,24,25). The largest absolute Gasteiger partial charge is 0.493 e. The van der Waals surface area contributed by atoms with Gasteiger partial charge < -0.3 is 30.1 Å². The predicted octanol–water partition coefficient (Wildman–Crippen LogP) is 1.22. The zero-order valence-electron chi connectivity index (χ0n) is 16.4. The van der Waals surface area contributed by atoms with Gasteiger partial charge in [0.05, 0.1) is 12.5 Å². The van der Waals surface area contributed by atoms with Crippen molar-refractivity contribution in [3.8, 4) is 11.5 Å². The molecular weight excluding hydrogens is 366 g/mol. The minimum Gasteiger partial charge on any atom is -0.493 e. The van der Waals surface area contributed by atoms with Gasteiger partial charge in [-0.25, -0.2) is 4.79 Å². The molecule has 1 aromatic carbocycles. The highest BCUT2D eigenvalue weighted by atomic mass is 16.5. The molecule has 0 aliphatic carbocycles. The minimum atomic E-state index is -0.899. The first-order valence-corrected chi connectivity index (χ1v) is 9.11. The van der Waals surface area contributed by atoms with Crippen LogP contribution in [0.1, 0.15) is 25.8 Å². The number of methoxy groups -OCH3 is 1. The van der Waals surface area contributed by atoms with Gasteiger partial charge in [-0.05, 0) is 38.0 Å². The number of carboxylic acid groups (broad SMARTS) is 1. The summed E-state index contributed by atoms with van der Waals surface area (Å²) >= 11 is 0. The third-order valence-electron chi connectivity index (χ3n) is 4.68. The topological polar surface area (TPSA) is 117 Å². The molecule has 1 saturated heterocycles. The number of likely N-dealkylation sites (tertiary alicyclic amines) is 1. The van der Waals surface area contributed by atoms with Crippen LogP contribution in [0.4, 0.5) is 4.79 Å². The molecule has 1 fully saturated rings. The summed E-state index contributed by atoms with van der Waals surface area (Å²) in [6.45, 7) is 4.73. The van der Waals surface area contributed by atoms with E-state index < -0.39 is 11.4 Å². The van der Waals surface area contributed by atoms with Gasteiger partial charge >= 0.3 is 12.0 Å². The number of likely N-dealkylation sites (N-methyl/N-ethyl adjacent to an activating group) is 1. The summed E-state index contributed by atoms with van der Waals surface area (Å²) in [5.41, 5.74) is -0.111. The molecule has 1 aromatic rings. The Labute approximate surface area is 164 Å². The Morgan fingerprint density at radius 3 is 2.61 bits per heavy atom. The van der Waals surface area contributed by atoms with Gasteiger partial charge in [0.1, 0.15) is 0 Å². The lowest BCUT2D eigenvalue weighted by Gasteiger charge is -2.20. The normalized spacial score (nSPS) is 18.5. The summed E-state index contributed by atoms with van der Waals surface area (Å²) < 4.78 is 10.8. The van der Waals surface area contributed by atoms with Crippen LogP contribution in [-0.4, -0.2) is 61.3 Å². The van der Waals surface area contributed by atoms with Crippen molar-refractivity contribution in [3.05, 3.63) is 23.8 Å². The number of carbonyl (C=O) groups excluding carboxylic acids is 2. The molecule has 0 radical (unpaired) electrons. The fourth-order valence-electron chi connectivity index (χ4n) is 2.93. The van der Waals surface area contributed by atoms with Crippen LogP contribution in [0.2, 0.25) is 0 Å². The van der Waals surface area contributed by atoms with Gasteiger partial charge in [-0.3, -0.25) is 9.59 Å². The Morgan fingerprint density at radius 1 is 1.25 bits per heavy atom. The average molecular weight is 393 g/mol. The highest BCUT2D eigenvalue weighted by molar-refractivity contribution is 5.79. The maximum atomic E-state index is 12.3. The minimum absolute atomic E-state index is 0.114. The van der Waals surface area contributed by atoms with Crippen molar-refractivity contribution in [2.24, 2.45) is 5.41 Å². The number of urea groups is 1. The molecule has 1 unspecified atom stereocenters. The highest BCUT2D eigenvalue weighted by Gasteiger charge is 2.42. The maximum Gasteiger partial charge on any atom is 0.317 e. The molecule has 9 heteroatoms. The Hall–Kier alpha value is -2.97. The van der Waals surface area contributed by atoms with Crippen LogP contribution in [0.15, 0.2) is 18.2 Å². The van der Waals surface area contributed by atoms with Crippen molar-refractivity contribution in [1.29, 1.82) is 0 Å². The summed E-state index contributed by atoms with van der Waals surface area (Å²) in [6, 6.07) is 4.86. The van der Waals surface area contributed by atoms with E-state index in [0.717, 1.165) is 5.56 Å². The smallest absolute Gasteiger partial charge is 0.317 e. The average Bonchev–Trinajstić information content (AvgIpc) is 3.08. The summed E-state index contributed by atoms with van der Waals surface area (Å²) in [5, 5.41) is 14.7. The lowest BCUT2D eigenvalue weighted by Crippen LogP contribution is -2.40. The number of rotatable bonds is 8. The van der Waals surface area contributed by atoms with Gasteiger partial charge in [0.2, 0.25) is 0 Å². The highest BCUT2D eigenvalue weighted by Crippen LogP contribution is 2.30. The molecule has 0 spiro atoms. The number of benzene rings is 1. The molecule has 1 heterocycles. The van der Waals surface area contributed by atoms with Gasteiger partial charge in [0.25, 0.3) is 5.91 Å². The molecular formula is C19H27N3O6. The molecule has 28 heavy (non-hydrogen) atoms. The SMILES string of the molecule is CCNC(=O)COc1ccc(CNC(=O)N2CCC(C)(C(=O)O)C2)cc1OC.